The molecule has 1 N–H and O–H groups in total. The number of hydrogen-bond donors (Lipinski definition) is 1. The highest BCUT2D eigenvalue weighted by atomic mass is 15.3. The first-order valence-corrected chi connectivity index (χ1v) is 6.02. The van der Waals surface area contributed by atoms with E-state index in [-0.39, 0.29) is 0 Å². The van der Waals surface area contributed by atoms with Crippen LogP contribution in [0.15, 0.2) is 30.6 Å². The average molecular weight is 229 g/mol. The summed E-state index contributed by atoms with van der Waals surface area (Å²) < 4.78 is 1.95. The minimum absolute atomic E-state index is 0.881. The lowest BCUT2D eigenvalue weighted by Gasteiger charge is -2.11. The van der Waals surface area contributed by atoms with E-state index >= 15 is 0 Å². The van der Waals surface area contributed by atoms with E-state index in [0.717, 1.165) is 18.8 Å². The molecule has 2 rings (SSSR count). The molecule has 90 valence electrons. The number of rotatable bonds is 4. The minimum Gasteiger partial charge on any atom is -0.313 e. The number of benzene rings is 1. The lowest BCUT2D eigenvalue weighted by Crippen LogP contribution is -2.14. The van der Waals surface area contributed by atoms with Gasteiger partial charge in [-0.2, -0.15) is 5.10 Å². The van der Waals surface area contributed by atoms with E-state index < -0.39 is 0 Å². The summed E-state index contributed by atoms with van der Waals surface area (Å²) >= 11 is 0. The van der Waals surface area contributed by atoms with Crippen molar-refractivity contribution in [3.05, 3.63) is 47.3 Å². The summed E-state index contributed by atoms with van der Waals surface area (Å²) in [6, 6.07) is 6.48. The average Bonchev–Trinajstić information content (AvgIpc) is 2.73. The second-order valence-electron chi connectivity index (χ2n) is 4.37. The van der Waals surface area contributed by atoms with E-state index in [2.05, 4.69) is 55.6 Å². The molecule has 1 aromatic heterocycles. The van der Waals surface area contributed by atoms with Crippen LogP contribution in [0.5, 0.6) is 0 Å². The van der Waals surface area contributed by atoms with Gasteiger partial charge in [0, 0.05) is 12.7 Å². The van der Waals surface area contributed by atoms with Crippen LogP contribution in [0.25, 0.3) is 5.69 Å². The van der Waals surface area contributed by atoms with Crippen molar-refractivity contribution < 1.29 is 0 Å². The first kappa shape index (κ1) is 11.9. The fourth-order valence-corrected chi connectivity index (χ4v) is 1.88. The Balaban J connectivity index is 2.38. The minimum atomic E-state index is 0.881. The lowest BCUT2D eigenvalue weighted by atomic mass is 10.1. The highest BCUT2D eigenvalue weighted by molar-refractivity contribution is 5.43. The van der Waals surface area contributed by atoms with Crippen LogP contribution in [0.1, 0.15) is 23.6 Å². The number of nitrogens with one attached hydrogen (secondary N) is 1. The summed E-state index contributed by atoms with van der Waals surface area (Å²) in [5, 5.41) is 7.74. The van der Waals surface area contributed by atoms with Crippen LogP contribution in [0.2, 0.25) is 0 Å². The molecule has 0 aliphatic carbocycles. The van der Waals surface area contributed by atoms with Gasteiger partial charge in [-0.1, -0.05) is 24.6 Å². The molecule has 0 unspecified atom stereocenters. The molecule has 0 saturated heterocycles. The van der Waals surface area contributed by atoms with Crippen molar-refractivity contribution in [3.8, 4) is 5.69 Å². The molecule has 17 heavy (non-hydrogen) atoms. The number of aryl methyl sites for hydroxylation is 2. The molecule has 1 heterocycles. The number of nitrogens with zero attached hydrogens (tertiary/aromatic N) is 2. The second kappa shape index (κ2) is 5.15. The summed E-state index contributed by atoms with van der Waals surface area (Å²) in [5.74, 6) is 0. The monoisotopic (exact) mass is 229 g/mol. The van der Waals surface area contributed by atoms with Crippen LogP contribution in [0, 0.1) is 13.8 Å². The van der Waals surface area contributed by atoms with Crippen molar-refractivity contribution in [2.75, 3.05) is 6.54 Å². The fraction of sp³-hybridized carbons (Fsp3) is 0.357. The predicted octanol–water partition coefficient (Wildman–Crippen LogP) is 2.60. The van der Waals surface area contributed by atoms with Gasteiger partial charge in [0.05, 0.1) is 11.9 Å². The third kappa shape index (κ3) is 2.74. The summed E-state index contributed by atoms with van der Waals surface area (Å²) in [5.41, 5.74) is 4.91. The SMILES string of the molecule is CCNCc1cc(C)ccc1-n1cc(C)cn1. The maximum atomic E-state index is 4.37. The molecule has 1 aromatic carbocycles. The standard InChI is InChI=1S/C14H19N3/c1-4-15-9-13-7-11(2)5-6-14(13)17-10-12(3)8-16-17/h5-8,10,15H,4,9H2,1-3H3. The lowest BCUT2D eigenvalue weighted by molar-refractivity contribution is 0.716. The first-order valence-electron chi connectivity index (χ1n) is 6.02. The highest BCUT2D eigenvalue weighted by Gasteiger charge is 2.05. The molecule has 0 bridgehead atoms. The van der Waals surface area contributed by atoms with Gasteiger partial charge < -0.3 is 5.32 Å². The van der Waals surface area contributed by atoms with E-state index in [0.29, 0.717) is 0 Å². The largest absolute Gasteiger partial charge is 0.313 e. The van der Waals surface area contributed by atoms with Crippen molar-refractivity contribution in [2.45, 2.75) is 27.3 Å². The zero-order valence-corrected chi connectivity index (χ0v) is 10.7. The molecular formula is C14H19N3. The van der Waals surface area contributed by atoms with Gasteiger partial charge in [-0.3, -0.25) is 0 Å². The van der Waals surface area contributed by atoms with Gasteiger partial charge in [0.2, 0.25) is 0 Å². The zero-order valence-electron chi connectivity index (χ0n) is 10.7. The van der Waals surface area contributed by atoms with Gasteiger partial charge in [0.25, 0.3) is 0 Å². The smallest absolute Gasteiger partial charge is 0.0690 e. The topological polar surface area (TPSA) is 29.9 Å². The van der Waals surface area contributed by atoms with Gasteiger partial charge in [-0.05, 0) is 37.6 Å². The Kier molecular flexibility index (Phi) is 3.59. The zero-order chi connectivity index (χ0) is 12.3. The van der Waals surface area contributed by atoms with Crippen LogP contribution in [-0.2, 0) is 6.54 Å². The van der Waals surface area contributed by atoms with Gasteiger partial charge in [0.1, 0.15) is 0 Å². The van der Waals surface area contributed by atoms with Gasteiger partial charge >= 0.3 is 0 Å². The van der Waals surface area contributed by atoms with Gasteiger partial charge in [-0.25, -0.2) is 4.68 Å². The Labute approximate surface area is 102 Å². The van der Waals surface area contributed by atoms with Crippen LogP contribution in [0.3, 0.4) is 0 Å². The number of aromatic nitrogens is 2. The maximum absolute atomic E-state index is 4.37. The van der Waals surface area contributed by atoms with Crippen molar-refractivity contribution in [2.24, 2.45) is 0 Å². The highest BCUT2D eigenvalue weighted by Crippen LogP contribution is 2.16. The molecule has 0 aliphatic heterocycles. The fourth-order valence-electron chi connectivity index (χ4n) is 1.88. The molecule has 0 amide bonds. The van der Waals surface area contributed by atoms with Gasteiger partial charge in [0.15, 0.2) is 0 Å². The Bertz CT molecular complexity index is 500. The summed E-state index contributed by atoms with van der Waals surface area (Å²) in [6.45, 7) is 8.15. The van der Waals surface area contributed by atoms with Crippen LogP contribution >= 0.6 is 0 Å². The molecule has 3 heteroatoms. The Hall–Kier alpha value is -1.61. The van der Waals surface area contributed by atoms with E-state index in [1.54, 1.807) is 0 Å². The van der Waals surface area contributed by atoms with Crippen LogP contribution < -0.4 is 5.32 Å². The number of hydrogen-bond acceptors (Lipinski definition) is 2. The Morgan fingerprint density at radius 2 is 2.06 bits per heavy atom. The van der Waals surface area contributed by atoms with Crippen molar-refractivity contribution >= 4 is 0 Å². The van der Waals surface area contributed by atoms with Gasteiger partial charge in [-0.15, -0.1) is 0 Å². The van der Waals surface area contributed by atoms with E-state index in [1.807, 2.05) is 10.9 Å². The molecule has 0 atom stereocenters. The maximum Gasteiger partial charge on any atom is 0.0690 e. The van der Waals surface area contributed by atoms with Crippen molar-refractivity contribution in [1.82, 2.24) is 15.1 Å². The molecule has 0 saturated carbocycles. The normalized spacial score (nSPS) is 10.8. The Morgan fingerprint density at radius 3 is 2.71 bits per heavy atom. The summed E-state index contributed by atoms with van der Waals surface area (Å²) in [7, 11) is 0. The Morgan fingerprint density at radius 1 is 1.24 bits per heavy atom. The molecule has 3 nitrogen and oxygen atoms in total. The van der Waals surface area contributed by atoms with E-state index in [4.69, 9.17) is 0 Å². The molecule has 0 spiro atoms. The summed E-state index contributed by atoms with van der Waals surface area (Å²) in [6.07, 6.45) is 3.94. The van der Waals surface area contributed by atoms with E-state index in [9.17, 15) is 0 Å². The van der Waals surface area contributed by atoms with Crippen molar-refractivity contribution in [3.63, 3.8) is 0 Å². The molecule has 0 radical (unpaired) electrons. The quantitative estimate of drug-likeness (QED) is 0.873. The third-order valence-corrected chi connectivity index (χ3v) is 2.76. The third-order valence-electron chi connectivity index (χ3n) is 2.76. The molecule has 0 aliphatic rings. The van der Waals surface area contributed by atoms with E-state index in [1.165, 1.54) is 16.7 Å². The second-order valence-corrected chi connectivity index (χ2v) is 4.37. The summed E-state index contributed by atoms with van der Waals surface area (Å²) in [4.78, 5) is 0. The predicted molar refractivity (Wildman–Crippen MR) is 70.4 cm³/mol. The van der Waals surface area contributed by atoms with Crippen LogP contribution in [-0.4, -0.2) is 16.3 Å². The molecular weight excluding hydrogens is 210 g/mol. The molecule has 2 aromatic rings. The first-order chi connectivity index (χ1) is 8.20. The van der Waals surface area contributed by atoms with Crippen molar-refractivity contribution in [1.29, 1.82) is 0 Å². The molecule has 0 fully saturated rings. The van der Waals surface area contributed by atoms with Crippen LogP contribution in [0.4, 0.5) is 0 Å².